The quantitative estimate of drug-likeness (QED) is 0.490. The third kappa shape index (κ3) is 4.36. The summed E-state index contributed by atoms with van der Waals surface area (Å²) in [4.78, 5) is 14.8. The third-order valence-corrected chi connectivity index (χ3v) is 9.84. The first-order chi connectivity index (χ1) is 19.0. The lowest BCUT2D eigenvalue weighted by molar-refractivity contribution is -0.147. The van der Waals surface area contributed by atoms with Crippen LogP contribution >= 0.6 is 0 Å². The van der Waals surface area contributed by atoms with Crippen LogP contribution < -0.4 is 14.2 Å². The molecule has 6 rings (SSSR count). The first-order valence-electron chi connectivity index (χ1n) is 13.6. The van der Waals surface area contributed by atoms with Crippen molar-refractivity contribution in [3.05, 3.63) is 59.2 Å². The molecule has 11 heteroatoms. The smallest absolute Gasteiger partial charge is 0.415 e. The van der Waals surface area contributed by atoms with Crippen LogP contribution in [0.4, 0.5) is 4.79 Å². The number of fused-ring (bicyclic) bond motifs is 6. The number of carbonyl (C=O) groups is 1. The molecule has 4 atom stereocenters. The summed E-state index contributed by atoms with van der Waals surface area (Å²) in [6.07, 6.45) is 2.39. The van der Waals surface area contributed by atoms with Crippen LogP contribution in [-0.4, -0.2) is 67.6 Å². The Kier molecular flexibility index (Phi) is 6.60. The van der Waals surface area contributed by atoms with Crippen molar-refractivity contribution in [1.82, 2.24) is 9.21 Å². The molecule has 0 spiro atoms. The molecule has 1 saturated heterocycles. The van der Waals surface area contributed by atoms with Gasteiger partial charge in [0.25, 0.3) is 0 Å². The Balaban J connectivity index is 1.53. The van der Waals surface area contributed by atoms with Crippen molar-refractivity contribution in [3.63, 3.8) is 0 Å². The lowest BCUT2D eigenvalue weighted by atomic mass is 9.77. The normalized spacial score (nSPS) is 26.1. The van der Waals surface area contributed by atoms with E-state index in [0.717, 1.165) is 11.1 Å². The van der Waals surface area contributed by atoms with E-state index in [4.69, 9.17) is 23.7 Å². The molecule has 1 aliphatic carbocycles. The Morgan fingerprint density at radius 1 is 1.10 bits per heavy atom. The Morgan fingerprint density at radius 2 is 1.82 bits per heavy atom. The van der Waals surface area contributed by atoms with Crippen LogP contribution in [0.3, 0.4) is 0 Å². The predicted octanol–water partition coefficient (Wildman–Crippen LogP) is 4.31. The number of sulfonamides is 1. The number of aryl methyl sites for hydroxylation is 1. The predicted molar refractivity (Wildman–Crippen MR) is 145 cm³/mol. The second kappa shape index (κ2) is 9.76. The second-order valence-electron chi connectivity index (χ2n) is 10.9. The molecule has 0 bridgehead atoms. The van der Waals surface area contributed by atoms with Crippen LogP contribution in [-0.2, 0) is 26.0 Å². The summed E-state index contributed by atoms with van der Waals surface area (Å²) in [6.45, 7) is 10.1. The van der Waals surface area contributed by atoms with Gasteiger partial charge in [-0.05, 0) is 58.4 Å². The van der Waals surface area contributed by atoms with E-state index in [1.165, 1.54) is 4.31 Å². The maximum Gasteiger partial charge on any atom is 0.415 e. The number of nitrogens with zero attached hydrogens (tertiary/aromatic N) is 2. The molecule has 10 nitrogen and oxygen atoms in total. The van der Waals surface area contributed by atoms with Gasteiger partial charge in [0.15, 0.2) is 17.3 Å². The summed E-state index contributed by atoms with van der Waals surface area (Å²) in [5.41, 5.74) is 2.31. The molecule has 40 heavy (non-hydrogen) atoms. The summed E-state index contributed by atoms with van der Waals surface area (Å²) in [5, 5.41) is 0. The molecular weight excluding hydrogens is 536 g/mol. The lowest BCUT2D eigenvalue weighted by Crippen LogP contribution is -2.56. The van der Waals surface area contributed by atoms with Gasteiger partial charge in [0.1, 0.15) is 12.2 Å². The lowest BCUT2D eigenvalue weighted by Gasteiger charge is -2.45. The number of amides is 1. The molecule has 1 amide bonds. The van der Waals surface area contributed by atoms with Gasteiger partial charge in [-0.1, -0.05) is 29.8 Å². The summed E-state index contributed by atoms with van der Waals surface area (Å²) in [7, 11) is -4.01. The molecule has 1 fully saturated rings. The highest BCUT2D eigenvalue weighted by molar-refractivity contribution is 7.89. The van der Waals surface area contributed by atoms with Crippen LogP contribution in [0.2, 0.25) is 0 Å². The van der Waals surface area contributed by atoms with Gasteiger partial charge in [0.05, 0.1) is 10.9 Å². The van der Waals surface area contributed by atoms with E-state index in [1.807, 2.05) is 52.8 Å². The first kappa shape index (κ1) is 27.1. The first-order valence-corrected chi connectivity index (χ1v) is 15.0. The molecule has 2 aromatic carbocycles. The van der Waals surface area contributed by atoms with Gasteiger partial charge < -0.3 is 28.6 Å². The summed E-state index contributed by atoms with van der Waals surface area (Å²) in [5.74, 6) is -0.362. The van der Waals surface area contributed by atoms with Crippen LogP contribution in [0.15, 0.2) is 47.4 Å². The SMILES string of the molecule is CCN(CC)C(=O)Oc1c2c(cc3c1OCO3)[C@H]1C=C[C@H]3OC(C)(C)O[C@H]3[C@@H]1N(S(=O)(=O)c1ccc(C)cc1)C2. The Labute approximate surface area is 234 Å². The van der Waals surface area contributed by atoms with E-state index in [2.05, 4.69) is 0 Å². The topological polar surface area (TPSA) is 104 Å². The van der Waals surface area contributed by atoms with Gasteiger partial charge in [-0.15, -0.1) is 0 Å². The van der Waals surface area contributed by atoms with Gasteiger partial charge >= 0.3 is 6.09 Å². The van der Waals surface area contributed by atoms with E-state index < -0.39 is 46.1 Å². The van der Waals surface area contributed by atoms with Gasteiger partial charge in [0.2, 0.25) is 22.6 Å². The van der Waals surface area contributed by atoms with Gasteiger partial charge in [0, 0.05) is 31.1 Å². The van der Waals surface area contributed by atoms with E-state index in [1.54, 1.807) is 29.2 Å². The average molecular weight is 571 g/mol. The fourth-order valence-electron chi connectivity index (χ4n) is 6.03. The van der Waals surface area contributed by atoms with Crippen molar-refractivity contribution in [2.75, 3.05) is 19.9 Å². The van der Waals surface area contributed by atoms with Crippen LogP contribution in [0.1, 0.15) is 50.3 Å². The number of hydrogen-bond donors (Lipinski definition) is 0. The molecule has 214 valence electrons. The summed E-state index contributed by atoms with van der Waals surface area (Å²) < 4.78 is 60.0. The molecule has 0 radical (unpaired) electrons. The minimum Gasteiger partial charge on any atom is -0.453 e. The molecule has 0 aromatic heterocycles. The summed E-state index contributed by atoms with van der Waals surface area (Å²) >= 11 is 0. The van der Waals surface area contributed by atoms with Crippen LogP contribution in [0.25, 0.3) is 0 Å². The molecule has 4 aliphatic rings. The fourth-order valence-corrected chi connectivity index (χ4v) is 7.65. The zero-order chi connectivity index (χ0) is 28.4. The monoisotopic (exact) mass is 570 g/mol. The molecule has 0 N–H and O–H groups in total. The molecule has 0 unspecified atom stereocenters. The number of hydrogen-bond acceptors (Lipinski definition) is 8. The van der Waals surface area contributed by atoms with Crippen molar-refractivity contribution in [1.29, 1.82) is 0 Å². The maximum atomic E-state index is 14.3. The third-order valence-electron chi connectivity index (χ3n) is 7.98. The highest BCUT2D eigenvalue weighted by Crippen LogP contribution is 2.54. The van der Waals surface area contributed by atoms with E-state index in [0.29, 0.717) is 30.2 Å². The Morgan fingerprint density at radius 3 is 2.52 bits per heavy atom. The van der Waals surface area contributed by atoms with Gasteiger partial charge in [-0.3, -0.25) is 0 Å². The molecule has 3 heterocycles. The number of carbonyl (C=O) groups excluding carboxylic acids is 1. The zero-order valence-electron chi connectivity index (χ0n) is 23.2. The number of rotatable bonds is 5. The van der Waals surface area contributed by atoms with E-state index >= 15 is 0 Å². The Hall–Kier alpha value is -3.12. The Bertz CT molecular complexity index is 1470. The van der Waals surface area contributed by atoms with E-state index in [-0.39, 0.29) is 24.0 Å². The molecular formula is C29H34N2O8S. The van der Waals surface area contributed by atoms with Gasteiger partial charge in [-0.2, -0.15) is 4.31 Å². The average Bonchev–Trinajstić information content (AvgIpc) is 3.51. The van der Waals surface area contributed by atoms with Crippen LogP contribution in [0.5, 0.6) is 17.2 Å². The minimum absolute atomic E-state index is 0.0286. The number of ether oxygens (including phenoxy) is 5. The number of benzene rings is 2. The highest BCUT2D eigenvalue weighted by atomic mass is 32.2. The highest BCUT2D eigenvalue weighted by Gasteiger charge is 2.55. The fraction of sp³-hybridized carbons (Fsp3) is 0.483. The molecule has 0 saturated carbocycles. The second-order valence-corrected chi connectivity index (χ2v) is 12.8. The largest absolute Gasteiger partial charge is 0.453 e. The maximum absolute atomic E-state index is 14.3. The van der Waals surface area contributed by atoms with Crippen molar-refractivity contribution in [3.8, 4) is 17.2 Å². The van der Waals surface area contributed by atoms with Crippen molar-refractivity contribution in [2.45, 2.75) is 76.0 Å². The van der Waals surface area contributed by atoms with Gasteiger partial charge in [-0.25, -0.2) is 13.2 Å². The zero-order valence-corrected chi connectivity index (χ0v) is 24.1. The van der Waals surface area contributed by atoms with Crippen molar-refractivity contribution < 1.29 is 36.9 Å². The molecule has 3 aliphatic heterocycles. The van der Waals surface area contributed by atoms with Crippen LogP contribution in [0, 0.1) is 6.92 Å². The molecule has 2 aromatic rings. The van der Waals surface area contributed by atoms with E-state index in [9.17, 15) is 13.2 Å². The minimum atomic E-state index is -4.01. The standard InChI is InChI=1S/C29H34N2O8S/c1-6-30(7-2)28(32)37-25-21-15-31(40(33,34)18-10-8-17(3)9-11-18)24-19(20(21)14-23-27(25)36-16-35-23)12-13-22-26(24)39-29(4,5)38-22/h8-14,19,22,24,26H,6-7,15-16H2,1-5H3/t19-,22-,24-,26-/m1/s1. The van der Waals surface area contributed by atoms with Crippen molar-refractivity contribution in [2.24, 2.45) is 0 Å². The van der Waals surface area contributed by atoms with Crippen molar-refractivity contribution >= 4 is 16.1 Å². The summed E-state index contributed by atoms with van der Waals surface area (Å²) in [6, 6.07) is 8.04.